The molecule has 1 unspecified atom stereocenters. The van der Waals surface area contributed by atoms with E-state index in [-0.39, 0.29) is 25.5 Å². The van der Waals surface area contributed by atoms with E-state index in [1.165, 1.54) is 18.2 Å². The zero-order valence-electron chi connectivity index (χ0n) is 13.0. The van der Waals surface area contributed by atoms with E-state index in [1.54, 1.807) is 18.2 Å². The summed E-state index contributed by atoms with van der Waals surface area (Å²) in [7, 11) is 0. The summed E-state index contributed by atoms with van der Waals surface area (Å²) in [4.78, 5) is 23.7. The van der Waals surface area contributed by atoms with Crippen molar-refractivity contribution in [3.63, 3.8) is 0 Å². The first-order valence-electron chi connectivity index (χ1n) is 7.55. The van der Waals surface area contributed by atoms with Crippen LogP contribution in [0.25, 0.3) is 0 Å². The maximum absolute atomic E-state index is 13.1. The van der Waals surface area contributed by atoms with E-state index < -0.39 is 17.8 Å². The summed E-state index contributed by atoms with van der Waals surface area (Å²) in [5.74, 6) is -1.20. The Morgan fingerprint density at radius 1 is 1.04 bits per heavy atom. The lowest BCUT2D eigenvalue weighted by molar-refractivity contribution is -0.126. The molecule has 3 N–H and O–H groups in total. The quantitative estimate of drug-likeness (QED) is 0.717. The highest BCUT2D eigenvalue weighted by atomic mass is 19.1. The number of halogens is 1. The van der Waals surface area contributed by atoms with Crippen LogP contribution >= 0.6 is 0 Å². The fraction of sp³-hybridized carbons (Fsp3) is 0.222. The maximum atomic E-state index is 13.1. The van der Waals surface area contributed by atoms with Crippen molar-refractivity contribution in [3.05, 3.63) is 71.5 Å². The first kappa shape index (κ1) is 17.6. The van der Waals surface area contributed by atoms with Gasteiger partial charge in [-0.2, -0.15) is 0 Å². The second-order valence-electron chi connectivity index (χ2n) is 5.30. The van der Waals surface area contributed by atoms with Crippen LogP contribution in [-0.4, -0.2) is 30.1 Å². The molecule has 0 heterocycles. The van der Waals surface area contributed by atoms with Crippen molar-refractivity contribution in [2.75, 3.05) is 13.2 Å². The number of benzene rings is 2. The number of carbonyl (C=O) groups excluding carboxylic acids is 2. The number of aliphatic hydroxyl groups is 1. The number of hydrogen-bond acceptors (Lipinski definition) is 3. The lowest BCUT2D eigenvalue weighted by atomic mass is 10.1. The van der Waals surface area contributed by atoms with Gasteiger partial charge in [0.05, 0.1) is 25.6 Å². The van der Waals surface area contributed by atoms with E-state index in [4.69, 9.17) is 0 Å². The number of aliphatic hydroxyl groups excluding tert-OH is 1. The van der Waals surface area contributed by atoms with Crippen molar-refractivity contribution < 1.29 is 19.1 Å². The van der Waals surface area contributed by atoms with Crippen LogP contribution in [0.2, 0.25) is 0 Å². The summed E-state index contributed by atoms with van der Waals surface area (Å²) < 4.78 is 13.1. The van der Waals surface area contributed by atoms with Gasteiger partial charge in [-0.25, -0.2) is 4.39 Å². The number of rotatable bonds is 7. The van der Waals surface area contributed by atoms with Crippen LogP contribution in [0.3, 0.4) is 0 Å². The SMILES string of the molecule is O=C(Cc1cccc(F)c1)NCC(=O)NC(CO)c1ccccc1. The Kier molecular flexibility index (Phi) is 6.45. The first-order chi connectivity index (χ1) is 11.6. The zero-order valence-corrected chi connectivity index (χ0v) is 13.0. The zero-order chi connectivity index (χ0) is 17.4. The summed E-state index contributed by atoms with van der Waals surface area (Å²) in [6.07, 6.45) is -0.00679. The van der Waals surface area contributed by atoms with Gasteiger partial charge in [0.25, 0.3) is 0 Å². The highest BCUT2D eigenvalue weighted by Crippen LogP contribution is 2.11. The molecule has 2 aromatic carbocycles. The molecule has 0 saturated heterocycles. The minimum Gasteiger partial charge on any atom is -0.394 e. The first-order valence-corrected chi connectivity index (χ1v) is 7.55. The third kappa shape index (κ3) is 5.48. The smallest absolute Gasteiger partial charge is 0.239 e. The predicted octanol–water partition coefficient (Wildman–Crippen LogP) is 1.33. The van der Waals surface area contributed by atoms with Crippen LogP contribution in [-0.2, 0) is 16.0 Å². The van der Waals surface area contributed by atoms with E-state index in [2.05, 4.69) is 10.6 Å². The molecule has 126 valence electrons. The Bertz CT molecular complexity index is 692. The Morgan fingerprint density at radius 2 is 1.79 bits per heavy atom. The summed E-state index contributed by atoms with van der Waals surface area (Å²) in [5.41, 5.74) is 1.31. The highest BCUT2D eigenvalue weighted by Gasteiger charge is 2.14. The molecular weight excluding hydrogens is 311 g/mol. The van der Waals surface area contributed by atoms with Crippen molar-refractivity contribution in [1.29, 1.82) is 0 Å². The summed E-state index contributed by atoms with van der Waals surface area (Å²) in [6, 6.07) is 14.3. The molecule has 0 aliphatic heterocycles. The average Bonchev–Trinajstić information content (AvgIpc) is 2.58. The van der Waals surface area contributed by atoms with E-state index in [9.17, 15) is 19.1 Å². The number of carbonyl (C=O) groups is 2. The van der Waals surface area contributed by atoms with Gasteiger partial charge in [-0.3, -0.25) is 9.59 Å². The van der Waals surface area contributed by atoms with Crippen LogP contribution in [0.5, 0.6) is 0 Å². The lowest BCUT2D eigenvalue weighted by Gasteiger charge is -2.17. The largest absolute Gasteiger partial charge is 0.394 e. The maximum Gasteiger partial charge on any atom is 0.239 e. The molecule has 0 aliphatic carbocycles. The van der Waals surface area contributed by atoms with Gasteiger partial charge < -0.3 is 15.7 Å². The number of amides is 2. The van der Waals surface area contributed by atoms with Crippen LogP contribution in [0, 0.1) is 5.82 Å². The van der Waals surface area contributed by atoms with Crippen molar-refractivity contribution in [3.8, 4) is 0 Å². The van der Waals surface area contributed by atoms with E-state index in [0.717, 1.165) is 5.56 Å². The van der Waals surface area contributed by atoms with Crippen molar-refractivity contribution in [2.24, 2.45) is 0 Å². The molecule has 0 aromatic heterocycles. The Morgan fingerprint density at radius 3 is 2.46 bits per heavy atom. The Hall–Kier alpha value is -2.73. The van der Waals surface area contributed by atoms with Gasteiger partial charge in [0, 0.05) is 0 Å². The normalized spacial score (nSPS) is 11.6. The van der Waals surface area contributed by atoms with Gasteiger partial charge in [0.2, 0.25) is 11.8 Å². The van der Waals surface area contributed by atoms with E-state index in [1.807, 2.05) is 18.2 Å². The second kappa shape index (κ2) is 8.79. The minimum absolute atomic E-state index is 0.00679. The van der Waals surface area contributed by atoms with Crippen molar-refractivity contribution in [2.45, 2.75) is 12.5 Å². The van der Waals surface area contributed by atoms with Crippen LogP contribution in [0.4, 0.5) is 4.39 Å². The molecule has 6 heteroatoms. The molecule has 0 fully saturated rings. The average molecular weight is 330 g/mol. The molecule has 24 heavy (non-hydrogen) atoms. The summed E-state index contributed by atoms with van der Waals surface area (Å²) in [6.45, 7) is -0.454. The number of hydrogen-bond donors (Lipinski definition) is 3. The Balaban J connectivity index is 1.81. The summed E-state index contributed by atoms with van der Waals surface area (Å²) >= 11 is 0. The van der Waals surface area contributed by atoms with Gasteiger partial charge in [0.1, 0.15) is 5.82 Å². The van der Waals surface area contributed by atoms with Gasteiger partial charge in [0.15, 0.2) is 0 Å². The fourth-order valence-electron chi connectivity index (χ4n) is 2.24. The fourth-order valence-corrected chi connectivity index (χ4v) is 2.24. The van der Waals surface area contributed by atoms with Crippen LogP contribution in [0.1, 0.15) is 17.2 Å². The van der Waals surface area contributed by atoms with Gasteiger partial charge >= 0.3 is 0 Å². The predicted molar refractivity (Wildman–Crippen MR) is 87.5 cm³/mol. The molecule has 0 radical (unpaired) electrons. The van der Waals surface area contributed by atoms with Crippen LogP contribution < -0.4 is 10.6 Å². The number of nitrogens with one attached hydrogen (secondary N) is 2. The third-order valence-corrected chi connectivity index (χ3v) is 3.42. The monoisotopic (exact) mass is 330 g/mol. The molecule has 0 saturated carbocycles. The topological polar surface area (TPSA) is 78.4 Å². The van der Waals surface area contributed by atoms with Crippen molar-refractivity contribution >= 4 is 11.8 Å². The lowest BCUT2D eigenvalue weighted by Crippen LogP contribution is -2.40. The molecule has 2 amide bonds. The summed E-state index contributed by atoms with van der Waals surface area (Å²) in [5, 5.41) is 14.5. The molecule has 0 spiro atoms. The highest BCUT2D eigenvalue weighted by molar-refractivity contribution is 5.85. The van der Waals surface area contributed by atoms with Gasteiger partial charge in [-0.15, -0.1) is 0 Å². The molecular formula is C18H19FN2O3. The third-order valence-electron chi connectivity index (χ3n) is 3.42. The standard InChI is InChI=1S/C18H19FN2O3/c19-15-8-4-5-13(9-15)10-17(23)20-11-18(24)21-16(12-22)14-6-2-1-3-7-14/h1-9,16,22H,10-12H2,(H,20,23)(H,21,24). The Labute approximate surface area is 139 Å². The van der Waals surface area contributed by atoms with Gasteiger partial charge in [-0.05, 0) is 23.3 Å². The second-order valence-corrected chi connectivity index (χ2v) is 5.30. The molecule has 0 aliphatic rings. The molecule has 1 atom stereocenters. The van der Waals surface area contributed by atoms with Gasteiger partial charge in [-0.1, -0.05) is 42.5 Å². The van der Waals surface area contributed by atoms with Crippen LogP contribution in [0.15, 0.2) is 54.6 Å². The molecule has 5 nitrogen and oxygen atoms in total. The molecule has 2 rings (SSSR count). The van der Waals surface area contributed by atoms with E-state index in [0.29, 0.717) is 5.56 Å². The molecule has 2 aromatic rings. The van der Waals surface area contributed by atoms with Crippen molar-refractivity contribution in [1.82, 2.24) is 10.6 Å². The molecule has 0 bridgehead atoms. The minimum atomic E-state index is -0.529. The van der Waals surface area contributed by atoms with E-state index >= 15 is 0 Å².